The molecule has 0 saturated heterocycles. The summed E-state index contributed by atoms with van der Waals surface area (Å²) >= 11 is 1.41. The van der Waals surface area contributed by atoms with E-state index in [-0.39, 0.29) is 11.7 Å². The third-order valence-corrected chi connectivity index (χ3v) is 4.82. The molecule has 0 bridgehead atoms. The third-order valence-electron chi connectivity index (χ3n) is 3.97. The van der Waals surface area contributed by atoms with Crippen LogP contribution >= 0.6 is 11.3 Å². The largest absolute Gasteiger partial charge is 0.337 e. The number of carbonyl (C=O) groups excluding carboxylic acids is 1. The molecule has 3 nitrogen and oxygen atoms in total. The van der Waals surface area contributed by atoms with E-state index < -0.39 is 0 Å². The molecule has 0 radical (unpaired) electrons. The number of benzene rings is 1. The Bertz CT molecular complexity index is 656. The van der Waals surface area contributed by atoms with Gasteiger partial charge >= 0.3 is 0 Å². The first-order valence-corrected chi connectivity index (χ1v) is 8.90. The van der Waals surface area contributed by atoms with Crippen molar-refractivity contribution in [3.05, 3.63) is 51.7 Å². The van der Waals surface area contributed by atoms with Gasteiger partial charge in [-0.1, -0.05) is 38.5 Å². The van der Waals surface area contributed by atoms with E-state index in [1.807, 2.05) is 17.9 Å². The molecule has 2 aromatic rings. The number of amides is 1. The first-order valence-electron chi connectivity index (χ1n) is 8.02. The van der Waals surface area contributed by atoms with Crippen LogP contribution in [0.5, 0.6) is 0 Å². The van der Waals surface area contributed by atoms with Gasteiger partial charge in [-0.05, 0) is 24.5 Å². The maximum Gasteiger partial charge on any atom is 0.273 e. The highest BCUT2D eigenvalue weighted by atomic mass is 32.1. The average molecular weight is 334 g/mol. The summed E-state index contributed by atoms with van der Waals surface area (Å²) in [5.74, 6) is 0.196. The van der Waals surface area contributed by atoms with Crippen LogP contribution in [0.15, 0.2) is 29.6 Å². The topological polar surface area (TPSA) is 33.2 Å². The molecule has 1 aromatic carbocycles. The van der Waals surface area contributed by atoms with E-state index in [9.17, 15) is 9.18 Å². The highest BCUT2D eigenvalue weighted by molar-refractivity contribution is 7.09. The lowest BCUT2D eigenvalue weighted by molar-refractivity contribution is 0.0735. The molecule has 0 fully saturated rings. The van der Waals surface area contributed by atoms with Gasteiger partial charge in [0.15, 0.2) is 0 Å². The molecule has 0 spiro atoms. The lowest BCUT2D eigenvalue weighted by Crippen LogP contribution is -2.34. The lowest BCUT2D eigenvalue weighted by atomic mass is 10.1. The van der Waals surface area contributed by atoms with Gasteiger partial charge in [0.1, 0.15) is 11.5 Å². The van der Waals surface area contributed by atoms with E-state index in [1.54, 1.807) is 17.5 Å². The molecule has 2 rings (SSSR count). The second-order valence-corrected chi connectivity index (χ2v) is 6.69. The summed E-state index contributed by atoms with van der Waals surface area (Å²) in [5, 5.41) is 2.54. The van der Waals surface area contributed by atoms with Crippen molar-refractivity contribution in [2.45, 2.75) is 33.6 Å². The molecule has 23 heavy (non-hydrogen) atoms. The van der Waals surface area contributed by atoms with Crippen LogP contribution in [-0.2, 0) is 6.42 Å². The van der Waals surface area contributed by atoms with E-state index >= 15 is 0 Å². The van der Waals surface area contributed by atoms with Crippen LogP contribution in [0, 0.1) is 11.7 Å². The molecule has 0 aliphatic heterocycles. The predicted molar refractivity (Wildman–Crippen MR) is 92.4 cm³/mol. The summed E-state index contributed by atoms with van der Waals surface area (Å²) in [4.78, 5) is 18.8. The Kier molecular flexibility index (Phi) is 6.28. The lowest BCUT2D eigenvalue weighted by Gasteiger charge is -2.23. The Balaban J connectivity index is 2.08. The number of halogens is 1. The monoisotopic (exact) mass is 334 g/mol. The van der Waals surface area contributed by atoms with Crippen LogP contribution in [0.3, 0.4) is 0 Å². The zero-order valence-corrected chi connectivity index (χ0v) is 14.7. The smallest absolute Gasteiger partial charge is 0.273 e. The molecular weight excluding hydrogens is 311 g/mol. The average Bonchev–Trinajstić information content (AvgIpc) is 3.02. The minimum absolute atomic E-state index is 0.0381. The van der Waals surface area contributed by atoms with Gasteiger partial charge in [0.05, 0.1) is 5.01 Å². The van der Waals surface area contributed by atoms with Crippen LogP contribution in [0.1, 0.15) is 48.3 Å². The number of aromatic nitrogens is 1. The summed E-state index contributed by atoms with van der Waals surface area (Å²) in [7, 11) is 0. The maximum absolute atomic E-state index is 13.7. The van der Waals surface area contributed by atoms with E-state index in [0.29, 0.717) is 30.1 Å². The fourth-order valence-electron chi connectivity index (χ4n) is 2.32. The number of hydrogen-bond donors (Lipinski definition) is 0. The van der Waals surface area contributed by atoms with Crippen LogP contribution in [0.2, 0.25) is 0 Å². The normalized spacial score (nSPS) is 12.2. The second-order valence-electron chi connectivity index (χ2n) is 5.75. The standard InChI is InChI=1S/C18H23FN2OS/c1-4-13(3)11-21(5-2)18(22)16-12-23-17(20-16)10-14-8-6-7-9-15(14)19/h6-9,12-13H,4-5,10-11H2,1-3H3/t13-/m0/s1. The number of rotatable bonds is 7. The van der Waals surface area contributed by atoms with Crippen molar-refractivity contribution in [3.8, 4) is 0 Å². The van der Waals surface area contributed by atoms with Crippen molar-refractivity contribution < 1.29 is 9.18 Å². The Morgan fingerprint density at radius 3 is 2.74 bits per heavy atom. The first-order chi connectivity index (χ1) is 11.0. The SMILES string of the molecule is CC[C@H](C)CN(CC)C(=O)c1csc(Cc2ccccc2F)n1. The predicted octanol–water partition coefficient (Wildman–Crippen LogP) is 4.38. The molecule has 0 saturated carbocycles. The number of hydrogen-bond acceptors (Lipinski definition) is 3. The van der Waals surface area contributed by atoms with Crippen molar-refractivity contribution in [1.29, 1.82) is 0 Å². The van der Waals surface area contributed by atoms with Gasteiger partial charge in [-0.15, -0.1) is 11.3 Å². The van der Waals surface area contributed by atoms with Crippen molar-refractivity contribution >= 4 is 17.2 Å². The second kappa shape index (κ2) is 8.20. The van der Waals surface area contributed by atoms with Crippen LogP contribution in [-0.4, -0.2) is 28.9 Å². The number of nitrogens with zero attached hydrogens (tertiary/aromatic N) is 2. The molecule has 1 heterocycles. The van der Waals surface area contributed by atoms with E-state index in [4.69, 9.17) is 0 Å². The molecule has 1 amide bonds. The van der Waals surface area contributed by atoms with Gasteiger partial charge in [-0.2, -0.15) is 0 Å². The van der Waals surface area contributed by atoms with Crippen molar-refractivity contribution in [3.63, 3.8) is 0 Å². The molecule has 124 valence electrons. The zero-order chi connectivity index (χ0) is 16.8. The molecule has 0 N–H and O–H groups in total. The Labute approximate surface area is 141 Å². The number of carbonyl (C=O) groups is 1. The fourth-order valence-corrected chi connectivity index (χ4v) is 3.11. The highest BCUT2D eigenvalue weighted by Crippen LogP contribution is 2.18. The van der Waals surface area contributed by atoms with Crippen LogP contribution in [0.25, 0.3) is 0 Å². The first kappa shape index (κ1) is 17.6. The molecular formula is C18H23FN2OS. The van der Waals surface area contributed by atoms with E-state index in [0.717, 1.165) is 18.0 Å². The zero-order valence-electron chi connectivity index (χ0n) is 13.9. The van der Waals surface area contributed by atoms with Gasteiger partial charge in [0, 0.05) is 24.9 Å². The van der Waals surface area contributed by atoms with E-state index in [2.05, 4.69) is 18.8 Å². The molecule has 0 aliphatic rings. The molecule has 5 heteroatoms. The molecule has 1 aromatic heterocycles. The Hall–Kier alpha value is -1.75. The van der Waals surface area contributed by atoms with Crippen molar-refractivity contribution in [2.75, 3.05) is 13.1 Å². The minimum Gasteiger partial charge on any atom is -0.337 e. The summed E-state index contributed by atoms with van der Waals surface area (Å²) < 4.78 is 13.7. The summed E-state index contributed by atoms with van der Waals surface area (Å²) in [6.45, 7) is 7.65. The highest BCUT2D eigenvalue weighted by Gasteiger charge is 2.19. The van der Waals surface area contributed by atoms with Gasteiger partial charge in [-0.25, -0.2) is 9.37 Å². The van der Waals surface area contributed by atoms with Crippen LogP contribution in [0.4, 0.5) is 4.39 Å². The van der Waals surface area contributed by atoms with Crippen LogP contribution < -0.4 is 0 Å². The fraction of sp³-hybridized carbons (Fsp3) is 0.444. The maximum atomic E-state index is 13.7. The van der Waals surface area contributed by atoms with Gasteiger partial charge < -0.3 is 4.90 Å². The van der Waals surface area contributed by atoms with E-state index in [1.165, 1.54) is 17.4 Å². The third kappa shape index (κ3) is 4.61. The number of thiazole rings is 1. The summed E-state index contributed by atoms with van der Waals surface area (Å²) in [6, 6.07) is 6.67. The van der Waals surface area contributed by atoms with Crippen molar-refractivity contribution in [2.24, 2.45) is 5.92 Å². The molecule has 0 aliphatic carbocycles. The minimum atomic E-state index is -0.234. The summed E-state index contributed by atoms with van der Waals surface area (Å²) in [6.07, 6.45) is 1.46. The van der Waals surface area contributed by atoms with Gasteiger partial charge in [-0.3, -0.25) is 4.79 Å². The summed E-state index contributed by atoms with van der Waals surface area (Å²) in [5.41, 5.74) is 1.07. The van der Waals surface area contributed by atoms with Gasteiger partial charge in [0.25, 0.3) is 5.91 Å². The molecule has 0 unspecified atom stereocenters. The Morgan fingerprint density at radius 1 is 1.35 bits per heavy atom. The van der Waals surface area contributed by atoms with Crippen molar-refractivity contribution in [1.82, 2.24) is 9.88 Å². The Morgan fingerprint density at radius 2 is 2.09 bits per heavy atom. The molecule has 1 atom stereocenters. The van der Waals surface area contributed by atoms with Gasteiger partial charge in [0.2, 0.25) is 0 Å². The quantitative estimate of drug-likeness (QED) is 0.753.